The standard InChI is InChI=1S/C20H28N4O2/c1-3-16(2)21-20(25)18-15-26-19(22-18)14-24-11-9-23(10-12-24)13-17-7-5-4-6-8-17/h4-8,15-16H,3,9-14H2,1-2H3,(H,21,25)/t16-/m1/s1. The van der Waals surface area contributed by atoms with Crippen LogP contribution in [0.5, 0.6) is 0 Å². The van der Waals surface area contributed by atoms with Gasteiger partial charge in [0.1, 0.15) is 6.26 Å². The van der Waals surface area contributed by atoms with Crippen molar-refractivity contribution >= 4 is 5.91 Å². The number of hydrogen-bond donors (Lipinski definition) is 1. The van der Waals surface area contributed by atoms with Gasteiger partial charge in [-0.3, -0.25) is 14.6 Å². The molecule has 1 aromatic carbocycles. The summed E-state index contributed by atoms with van der Waals surface area (Å²) in [6, 6.07) is 10.7. The lowest BCUT2D eigenvalue weighted by molar-refractivity contribution is 0.0934. The van der Waals surface area contributed by atoms with E-state index in [0.29, 0.717) is 18.1 Å². The highest BCUT2D eigenvalue weighted by atomic mass is 16.3. The molecule has 2 heterocycles. The number of benzene rings is 1. The first-order valence-electron chi connectivity index (χ1n) is 9.38. The number of aromatic nitrogens is 1. The van der Waals surface area contributed by atoms with Crippen LogP contribution < -0.4 is 5.32 Å². The largest absolute Gasteiger partial charge is 0.447 e. The Balaban J connectivity index is 1.45. The molecule has 6 nitrogen and oxygen atoms in total. The Labute approximate surface area is 155 Å². The number of carbonyl (C=O) groups excluding carboxylic acids is 1. The SMILES string of the molecule is CC[C@@H](C)NC(=O)c1coc(CN2CCN(Cc3ccccc3)CC2)n1. The van der Waals surface area contributed by atoms with Crippen LogP contribution in [0.4, 0.5) is 0 Å². The van der Waals surface area contributed by atoms with Gasteiger partial charge in [-0.05, 0) is 18.9 Å². The summed E-state index contributed by atoms with van der Waals surface area (Å²) in [7, 11) is 0. The summed E-state index contributed by atoms with van der Waals surface area (Å²) in [4.78, 5) is 21.2. The van der Waals surface area contributed by atoms with E-state index in [4.69, 9.17) is 4.42 Å². The first kappa shape index (κ1) is 18.6. The van der Waals surface area contributed by atoms with E-state index in [2.05, 4.69) is 50.4 Å². The minimum atomic E-state index is -0.165. The van der Waals surface area contributed by atoms with Crippen molar-refractivity contribution in [2.45, 2.75) is 39.4 Å². The molecule has 2 aromatic rings. The molecule has 1 atom stereocenters. The topological polar surface area (TPSA) is 61.6 Å². The molecule has 26 heavy (non-hydrogen) atoms. The van der Waals surface area contributed by atoms with Gasteiger partial charge in [-0.1, -0.05) is 37.3 Å². The van der Waals surface area contributed by atoms with Gasteiger partial charge < -0.3 is 9.73 Å². The van der Waals surface area contributed by atoms with Gasteiger partial charge in [-0.25, -0.2) is 4.98 Å². The second-order valence-corrected chi connectivity index (χ2v) is 6.95. The molecule has 1 aromatic heterocycles. The first-order valence-corrected chi connectivity index (χ1v) is 9.38. The molecule has 1 aliphatic rings. The van der Waals surface area contributed by atoms with Crippen molar-refractivity contribution in [1.82, 2.24) is 20.1 Å². The molecule has 0 bridgehead atoms. The maximum atomic E-state index is 12.1. The van der Waals surface area contributed by atoms with Crippen LogP contribution >= 0.6 is 0 Å². The Morgan fingerprint density at radius 2 is 1.81 bits per heavy atom. The van der Waals surface area contributed by atoms with Crippen LogP contribution in [0.3, 0.4) is 0 Å². The van der Waals surface area contributed by atoms with Gasteiger partial charge in [-0.15, -0.1) is 0 Å². The summed E-state index contributed by atoms with van der Waals surface area (Å²) < 4.78 is 5.50. The van der Waals surface area contributed by atoms with Crippen molar-refractivity contribution in [1.29, 1.82) is 0 Å². The Hall–Kier alpha value is -2.18. The molecule has 0 aliphatic carbocycles. The van der Waals surface area contributed by atoms with Crippen LogP contribution in [0.2, 0.25) is 0 Å². The molecule has 1 fully saturated rings. The predicted molar refractivity (Wildman–Crippen MR) is 101 cm³/mol. The van der Waals surface area contributed by atoms with Gasteiger partial charge in [0, 0.05) is 38.8 Å². The lowest BCUT2D eigenvalue weighted by Crippen LogP contribution is -2.45. The molecule has 140 valence electrons. The van der Waals surface area contributed by atoms with Gasteiger partial charge in [-0.2, -0.15) is 0 Å². The number of carbonyl (C=O) groups is 1. The van der Waals surface area contributed by atoms with E-state index in [1.807, 2.05) is 13.8 Å². The summed E-state index contributed by atoms with van der Waals surface area (Å²) in [5, 5.41) is 2.91. The first-order chi connectivity index (χ1) is 12.6. The Morgan fingerprint density at radius 3 is 2.46 bits per heavy atom. The van der Waals surface area contributed by atoms with E-state index in [0.717, 1.165) is 39.1 Å². The lowest BCUT2D eigenvalue weighted by atomic mass is 10.2. The van der Waals surface area contributed by atoms with Crippen LogP contribution in [0.25, 0.3) is 0 Å². The van der Waals surface area contributed by atoms with Crippen LogP contribution in [0.15, 0.2) is 41.0 Å². The van der Waals surface area contributed by atoms with E-state index < -0.39 is 0 Å². The molecule has 0 spiro atoms. The van der Waals surface area contributed by atoms with Crippen molar-refractivity contribution < 1.29 is 9.21 Å². The van der Waals surface area contributed by atoms with Crippen molar-refractivity contribution in [2.75, 3.05) is 26.2 Å². The summed E-state index contributed by atoms with van der Waals surface area (Å²) in [5.74, 6) is 0.442. The minimum absolute atomic E-state index is 0.139. The van der Waals surface area contributed by atoms with Crippen molar-refractivity contribution in [2.24, 2.45) is 0 Å². The van der Waals surface area contributed by atoms with Crippen LogP contribution in [-0.2, 0) is 13.1 Å². The Kier molecular flexibility index (Phi) is 6.41. The highest BCUT2D eigenvalue weighted by Gasteiger charge is 2.20. The Bertz CT molecular complexity index is 693. The summed E-state index contributed by atoms with van der Waals surface area (Å²) >= 11 is 0. The highest BCUT2D eigenvalue weighted by molar-refractivity contribution is 5.92. The molecule has 0 unspecified atom stereocenters. The second-order valence-electron chi connectivity index (χ2n) is 6.95. The third kappa shape index (κ3) is 5.16. The number of hydrogen-bond acceptors (Lipinski definition) is 5. The fourth-order valence-electron chi connectivity index (χ4n) is 3.03. The van der Waals surface area contributed by atoms with E-state index >= 15 is 0 Å². The van der Waals surface area contributed by atoms with Crippen LogP contribution in [-0.4, -0.2) is 52.9 Å². The number of rotatable bonds is 7. The number of amides is 1. The molecule has 0 saturated carbocycles. The molecule has 1 N–H and O–H groups in total. The number of oxazole rings is 1. The fourth-order valence-corrected chi connectivity index (χ4v) is 3.03. The highest BCUT2D eigenvalue weighted by Crippen LogP contribution is 2.12. The van der Waals surface area contributed by atoms with Crippen molar-refractivity contribution in [3.63, 3.8) is 0 Å². The molecule has 6 heteroatoms. The normalized spacial score (nSPS) is 17.2. The van der Waals surface area contributed by atoms with E-state index in [1.165, 1.54) is 11.8 Å². The predicted octanol–water partition coefficient (Wildman–Crippen LogP) is 2.52. The van der Waals surface area contributed by atoms with Gasteiger partial charge in [0.2, 0.25) is 5.89 Å². The van der Waals surface area contributed by atoms with E-state index in [1.54, 1.807) is 0 Å². The third-order valence-electron chi connectivity index (χ3n) is 4.85. The number of piperazine rings is 1. The molecule has 1 amide bonds. The lowest BCUT2D eigenvalue weighted by Gasteiger charge is -2.34. The van der Waals surface area contributed by atoms with Gasteiger partial charge >= 0.3 is 0 Å². The van der Waals surface area contributed by atoms with Gasteiger partial charge in [0.15, 0.2) is 5.69 Å². The maximum Gasteiger partial charge on any atom is 0.273 e. The molecule has 1 saturated heterocycles. The van der Waals surface area contributed by atoms with Gasteiger partial charge in [0.05, 0.1) is 6.54 Å². The van der Waals surface area contributed by atoms with Crippen LogP contribution in [0.1, 0.15) is 42.2 Å². The van der Waals surface area contributed by atoms with Gasteiger partial charge in [0.25, 0.3) is 5.91 Å². The van der Waals surface area contributed by atoms with E-state index in [-0.39, 0.29) is 11.9 Å². The molecule has 3 rings (SSSR count). The van der Waals surface area contributed by atoms with Crippen molar-refractivity contribution in [3.05, 3.63) is 53.7 Å². The fraction of sp³-hybridized carbons (Fsp3) is 0.500. The zero-order valence-electron chi connectivity index (χ0n) is 15.6. The summed E-state index contributed by atoms with van der Waals surface area (Å²) in [6.45, 7) is 9.66. The zero-order valence-corrected chi connectivity index (χ0v) is 15.6. The summed E-state index contributed by atoms with van der Waals surface area (Å²) in [5.41, 5.74) is 1.72. The zero-order chi connectivity index (χ0) is 18.4. The van der Waals surface area contributed by atoms with Crippen LogP contribution in [0, 0.1) is 0 Å². The quantitative estimate of drug-likeness (QED) is 0.826. The second kappa shape index (κ2) is 8.96. The summed E-state index contributed by atoms with van der Waals surface area (Å²) in [6.07, 6.45) is 2.35. The number of nitrogens with zero attached hydrogens (tertiary/aromatic N) is 3. The maximum absolute atomic E-state index is 12.1. The van der Waals surface area contributed by atoms with E-state index in [9.17, 15) is 4.79 Å². The third-order valence-corrected chi connectivity index (χ3v) is 4.85. The molecular weight excluding hydrogens is 328 g/mol. The monoisotopic (exact) mass is 356 g/mol. The molecular formula is C20H28N4O2. The smallest absolute Gasteiger partial charge is 0.273 e. The molecule has 1 aliphatic heterocycles. The van der Waals surface area contributed by atoms with Crippen molar-refractivity contribution in [3.8, 4) is 0 Å². The minimum Gasteiger partial charge on any atom is -0.447 e. The Morgan fingerprint density at radius 1 is 1.15 bits per heavy atom. The average molecular weight is 356 g/mol. The molecule has 0 radical (unpaired) electrons. The number of nitrogens with one attached hydrogen (secondary N) is 1. The average Bonchev–Trinajstić information content (AvgIpc) is 3.13.